The van der Waals surface area contributed by atoms with Crippen molar-refractivity contribution >= 4 is 11.7 Å². The summed E-state index contributed by atoms with van der Waals surface area (Å²) in [6.07, 6.45) is 4.11. The van der Waals surface area contributed by atoms with E-state index in [2.05, 4.69) is 35.3 Å². The summed E-state index contributed by atoms with van der Waals surface area (Å²) < 4.78 is 12.8. The number of hydrogen-bond acceptors (Lipinski definition) is 6. The first-order chi connectivity index (χ1) is 12.4. The third-order valence-electron chi connectivity index (χ3n) is 5.02. The van der Waals surface area contributed by atoms with Crippen LogP contribution in [0.1, 0.15) is 31.9 Å². The number of benzene rings is 1. The van der Waals surface area contributed by atoms with Gasteiger partial charge in [0.1, 0.15) is 12.1 Å². The molecule has 4 rings (SSSR count). The Morgan fingerprint density at radius 1 is 1.27 bits per heavy atom. The average molecular weight is 354 g/mol. The standard InChI is InChI=1S/C19H22N4O3/c1-19(2)8-12-15(13(24)9-19)16(23-18(22-12)20-10-21-23)11-6-5-7-14(25-3)17(11)26-4/h5-8,10,15-16H,9H2,1-4H3,(H,20,21,22). The lowest BCUT2D eigenvalue weighted by Gasteiger charge is -2.40. The molecule has 0 saturated carbocycles. The van der Waals surface area contributed by atoms with Gasteiger partial charge in [0.05, 0.1) is 26.2 Å². The molecule has 2 heterocycles. The molecule has 0 amide bonds. The van der Waals surface area contributed by atoms with Gasteiger partial charge in [0, 0.05) is 17.7 Å². The molecule has 136 valence electrons. The van der Waals surface area contributed by atoms with E-state index in [-0.39, 0.29) is 23.2 Å². The van der Waals surface area contributed by atoms with Gasteiger partial charge in [-0.1, -0.05) is 32.1 Å². The predicted octanol–water partition coefficient (Wildman–Crippen LogP) is 2.81. The zero-order valence-electron chi connectivity index (χ0n) is 15.3. The Bertz CT molecular complexity index is 900. The lowest BCUT2D eigenvalue weighted by atomic mass is 9.72. The van der Waals surface area contributed by atoms with Crippen LogP contribution in [0.4, 0.5) is 5.95 Å². The largest absolute Gasteiger partial charge is 0.493 e. The van der Waals surface area contributed by atoms with Crippen molar-refractivity contribution in [2.45, 2.75) is 26.3 Å². The number of Topliss-reactive ketones (excluding diaryl/α,β-unsaturated/α-hetero) is 1. The number of carbonyl (C=O) groups is 1. The lowest BCUT2D eigenvalue weighted by Crippen LogP contribution is -2.42. The van der Waals surface area contributed by atoms with E-state index in [1.807, 2.05) is 18.2 Å². The van der Waals surface area contributed by atoms with Crippen LogP contribution >= 0.6 is 0 Å². The topological polar surface area (TPSA) is 78.3 Å². The monoisotopic (exact) mass is 354 g/mol. The molecule has 1 N–H and O–H groups in total. The first-order valence-electron chi connectivity index (χ1n) is 8.58. The minimum atomic E-state index is -0.363. The maximum atomic E-state index is 13.1. The molecule has 7 heteroatoms. The van der Waals surface area contributed by atoms with Gasteiger partial charge in [-0.25, -0.2) is 4.68 Å². The molecule has 7 nitrogen and oxygen atoms in total. The summed E-state index contributed by atoms with van der Waals surface area (Å²) in [5, 5.41) is 7.66. The molecule has 2 unspecified atom stereocenters. The molecule has 0 spiro atoms. The van der Waals surface area contributed by atoms with Crippen molar-refractivity contribution in [1.29, 1.82) is 0 Å². The van der Waals surface area contributed by atoms with E-state index in [0.29, 0.717) is 23.9 Å². The fraction of sp³-hybridized carbons (Fsp3) is 0.421. The molecule has 1 aromatic heterocycles. The second kappa shape index (κ2) is 5.86. The summed E-state index contributed by atoms with van der Waals surface area (Å²) >= 11 is 0. The predicted molar refractivity (Wildman–Crippen MR) is 96.3 cm³/mol. The molecule has 2 aromatic rings. The molecular formula is C19H22N4O3. The van der Waals surface area contributed by atoms with Gasteiger partial charge in [-0.2, -0.15) is 10.1 Å². The lowest BCUT2D eigenvalue weighted by molar-refractivity contribution is -0.125. The molecule has 1 aromatic carbocycles. The third-order valence-corrected chi connectivity index (χ3v) is 5.02. The van der Waals surface area contributed by atoms with Crippen molar-refractivity contribution in [3.05, 3.63) is 41.9 Å². The summed E-state index contributed by atoms with van der Waals surface area (Å²) in [5.41, 5.74) is 1.53. The molecule has 26 heavy (non-hydrogen) atoms. The molecule has 2 atom stereocenters. The molecule has 0 radical (unpaired) electrons. The van der Waals surface area contributed by atoms with Crippen molar-refractivity contribution in [3.63, 3.8) is 0 Å². The van der Waals surface area contributed by atoms with Crippen molar-refractivity contribution in [3.8, 4) is 11.5 Å². The number of rotatable bonds is 3. The van der Waals surface area contributed by atoms with E-state index in [1.165, 1.54) is 6.33 Å². The highest BCUT2D eigenvalue weighted by molar-refractivity contribution is 5.88. The molecule has 1 aliphatic carbocycles. The Balaban J connectivity index is 1.94. The van der Waals surface area contributed by atoms with Crippen molar-refractivity contribution in [1.82, 2.24) is 14.8 Å². The zero-order valence-corrected chi connectivity index (χ0v) is 15.3. The number of allylic oxidation sites excluding steroid dienone is 2. The smallest absolute Gasteiger partial charge is 0.226 e. The number of ether oxygens (including phenoxy) is 2. The highest BCUT2D eigenvalue weighted by atomic mass is 16.5. The van der Waals surface area contributed by atoms with Gasteiger partial charge in [0.15, 0.2) is 11.5 Å². The molecule has 1 aliphatic heterocycles. The number of anilines is 1. The number of ketones is 1. The Kier molecular flexibility index (Phi) is 3.75. The van der Waals surface area contributed by atoms with Crippen LogP contribution in [0.15, 0.2) is 36.3 Å². The highest BCUT2D eigenvalue weighted by Gasteiger charge is 2.45. The Hall–Kier alpha value is -2.83. The van der Waals surface area contributed by atoms with Crippen molar-refractivity contribution in [2.24, 2.45) is 11.3 Å². The van der Waals surface area contributed by atoms with Crippen LogP contribution in [-0.4, -0.2) is 34.8 Å². The first kappa shape index (κ1) is 16.6. The van der Waals surface area contributed by atoms with Crippen LogP contribution in [0, 0.1) is 11.3 Å². The number of nitrogens with zero attached hydrogens (tertiary/aromatic N) is 3. The van der Waals surface area contributed by atoms with Crippen LogP contribution in [0.3, 0.4) is 0 Å². The quantitative estimate of drug-likeness (QED) is 0.913. The summed E-state index contributed by atoms with van der Waals surface area (Å²) in [6.45, 7) is 4.13. The second-order valence-electron chi connectivity index (χ2n) is 7.39. The Morgan fingerprint density at radius 3 is 2.81 bits per heavy atom. The van der Waals surface area contributed by atoms with Crippen LogP contribution in [0.5, 0.6) is 11.5 Å². The summed E-state index contributed by atoms with van der Waals surface area (Å²) in [5.74, 6) is 1.67. The number of hydrogen-bond donors (Lipinski definition) is 1. The normalized spacial score (nSPS) is 23.4. The van der Waals surface area contributed by atoms with E-state index in [1.54, 1.807) is 18.9 Å². The number of carbonyl (C=O) groups excluding carboxylic acids is 1. The van der Waals surface area contributed by atoms with Gasteiger partial charge in [0.2, 0.25) is 5.95 Å². The number of nitrogens with one attached hydrogen (secondary N) is 1. The minimum absolute atomic E-state index is 0.177. The second-order valence-corrected chi connectivity index (χ2v) is 7.39. The summed E-state index contributed by atoms with van der Waals surface area (Å²) in [6, 6.07) is 5.35. The average Bonchev–Trinajstić information content (AvgIpc) is 3.06. The highest BCUT2D eigenvalue weighted by Crippen LogP contribution is 2.48. The maximum absolute atomic E-state index is 13.1. The zero-order chi connectivity index (χ0) is 18.5. The minimum Gasteiger partial charge on any atom is -0.493 e. The van der Waals surface area contributed by atoms with Crippen LogP contribution in [0.2, 0.25) is 0 Å². The van der Waals surface area contributed by atoms with E-state index >= 15 is 0 Å². The maximum Gasteiger partial charge on any atom is 0.226 e. The Labute approximate surface area is 152 Å². The van der Waals surface area contributed by atoms with Crippen LogP contribution in [-0.2, 0) is 4.79 Å². The first-order valence-corrected chi connectivity index (χ1v) is 8.58. The van der Waals surface area contributed by atoms with Gasteiger partial charge in [-0.3, -0.25) is 4.79 Å². The van der Waals surface area contributed by atoms with Crippen molar-refractivity contribution in [2.75, 3.05) is 19.5 Å². The number of aromatic nitrogens is 3. The van der Waals surface area contributed by atoms with Gasteiger partial charge < -0.3 is 14.8 Å². The van der Waals surface area contributed by atoms with Gasteiger partial charge >= 0.3 is 0 Å². The molecule has 2 aliphatic rings. The fourth-order valence-corrected chi connectivity index (χ4v) is 4.02. The van der Waals surface area contributed by atoms with E-state index < -0.39 is 0 Å². The van der Waals surface area contributed by atoms with Crippen molar-refractivity contribution < 1.29 is 14.3 Å². The third kappa shape index (κ3) is 2.46. The number of para-hydroxylation sites is 1. The number of methoxy groups -OCH3 is 2. The van der Waals surface area contributed by atoms with Gasteiger partial charge in [-0.05, 0) is 11.5 Å². The molecule has 0 bridgehead atoms. The molecular weight excluding hydrogens is 332 g/mol. The fourth-order valence-electron chi connectivity index (χ4n) is 4.02. The van der Waals surface area contributed by atoms with Gasteiger partial charge in [-0.15, -0.1) is 0 Å². The molecule has 0 saturated heterocycles. The summed E-state index contributed by atoms with van der Waals surface area (Å²) in [7, 11) is 3.21. The van der Waals surface area contributed by atoms with E-state index in [4.69, 9.17) is 9.47 Å². The Morgan fingerprint density at radius 2 is 2.08 bits per heavy atom. The SMILES string of the molecule is COc1cccc(C2C3C(=O)CC(C)(C)C=C3Nc3ncnn32)c1OC. The van der Waals surface area contributed by atoms with E-state index in [9.17, 15) is 4.79 Å². The number of fused-ring (bicyclic) bond motifs is 2. The van der Waals surface area contributed by atoms with Crippen LogP contribution < -0.4 is 14.8 Å². The van der Waals surface area contributed by atoms with Gasteiger partial charge in [0.25, 0.3) is 0 Å². The molecule has 0 fully saturated rings. The summed E-state index contributed by atoms with van der Waals surface area (Å²) in [4.78, 5) is 17.4. The van der Waals surface area contributed by atoms with Crippen LogP contribution in [0.25, 0.3) is 0 Å². The van der Waals surface area contributed by atoms with E-state index in [0.717, 1.165) is 11.3 Å².